The van der Waals surface area contributed by atoms with E-state index in [1.807, 2.05) is 0 Å². The third kappa shape index (κ3) is 2.68. The zero-order valence-electron chi connectivity index (χ0n) is 11.1. The van der Waals surface area contributed by atoms with Gasteiger partial charge in [0.1, 0.15) is 11.6 Å². The number of benzene rings is 1. The number of hydrogen-bond donors (Lipinski definition) is 0. The lowest BCUT2D eigenvalue weighted by molar-refractivity contribution is -0.137. The molecule has 0 aliphatic heterocycles. The molecule has 0 saturated carbocycles. The third-order valence-corrected chi connectivity index (χ3v) is 3.10. The molecule has 6 heteroatoms. The van der Waals surface area contributed by atoms with Crippen LogP contribution in [-0.4, -0.2) is 4.57 Å². The fraction of sp³-hybridized carbons (Fsp3) is 0.200. The highest BCUT2D eigenvalue weighted by atomic mass is 19.4. The molecule has 21 heavy (non-hydrogen) atoms. The average molecular weight is 292 g/mol. The van der Waals surface area contributed by atoms with Crippen LogP contribution in [0.1, 0.15) is 18.1 Å². The second-order valence-corrected chi connectivity index (χ2v) is 4.34. The van der Waals surface area contributed by atoms with Gasteiger partial charge in [0.15, 0.2) is 0 Å². The van der Waals surface area contributed by atoms with Crippen LogP contribution in [-0.2, 0) is 12.7 Å². The summed E-state index contributed by atoms with van der Waals surface area (Å²) in [6.07, 6.45) is -4.75. The zero-order valence-corrected chi connectivity index (χ0v) is 11.1. The van der Waals surface area contributed by atoms with Crippen molar-refractivity contribution in [2.45, 2.75) is 19.6 Å². The van der Waals surface area contributed by atoms with Gasteiger partial charge in [0.2, 0.25) is 0 Å². The molecule has 1 aromatic heterocycles. The summed E-state index contributed by atoms with van der Waals surface area (Å²) >= 11 is 0. The average Bonchev–Trinajstić information content (AvgIpc) is 2.46. The van der Waals surface area contributed by atoms with Crippen molar-refractivity contribution in [2.24, 2.45) is 0 Å². The van der Waals surface area contributed by atoms with Crippen molar-refractivity contribution < 1.29 is 13.2 Å². The first-order valence-corrected chi connectivity index (χ1v) is 6.20. The van der Waals surface area contributed by atoms with Gasteiger partial charge in [-0.1, -0.05) is 30.3 Å². The van der Waals surface area contributed by atoms with Crippen LogP contribution in [0.2, 0.25) is 0 Å². The molecule has 0 N–H and O–H groups in total. The van der Waals surface area contributed by atoms with E-state index in [0.29, 0.717) is 5.56 Å². The first-order chi connectivity index (χ1) is 9.90. The van der Waals surface area contributed by atoms with Crippen LogP contribution in [0.3, 0.4) is 0 Å². The zero-order chi connectivity index (χ0) is 15.6. The Bertz CT molecular complexity index is 755. The van der Waals surface area contributed by atoms with Crippen LogP contribution in [0.15, 0.2) is 41.2 Å². The monoisotopic (exact) mass is 292 g/mol. The normalized spacial score (nSPS) is 11.2. The molecule has 1 aromatic carbocycles. The van der Waals surface area contributed by atoms with E-state index in [4.69, 9.17) is 5.26 Å². The van der Waals surface area contributed by atoms with Gasteiger partial charge in [-0.25, -0.2) is 0 Å². The molecule has 0 amide bonds. The Morgan fingerprint density at radius 3 is 2.33 bits per heavy atom. The number of nitrogens with zero attached hydrogens (tertiary/aromatic N) is 2. The number of pyridine rings is 1. The Morgan fingerprint density at radius 1 is 1.24 bits per heavy atom. The predicted octanol–water partition coefficient (Wildman–Crippen LogP) is 3.43. The number of alkyl halides is 3. The minimum Gasteiger partial charge on any atom is -0.307 e. The van der Waals surface area contributed by atoms with Gasteiger partial charge in [0, 0.05) is 6.54 Å². The highest BCUT2D eigenvalue weighted by molar-refractivity contribution is 5.62. The summed E-state index contributed by atoms with van der Waals surface area (Å²) in [5.41, 5.74) is -2.35. The molecule has 0 unspecified atom stereocenters. The maximum Gasteiger partial charge on any atom is 0.417 e. The van der Waals surface area contributed by atoms with Gasteiger partial charge in [-0.3, -0.25) is 4.79 Å². The van der Waals surface area contributed by atoms with Crippen molar-refractivity contribution >= 4 is 0 Å². The maximum absolute atomic E-state index is 13.0. The molecule has 0 atom stereocenters. The molecule has 108 valence electrons. The summed E-state index contributed by atoms with van der Waals surface area (Å²) in [5, 5.41) is 8.88. The van der Waals surface area contributed by atoms with Crippen LogP contribution < -0.4 is 5.56 Å². The molecular formula is C15H11F3N2O. The molecule has 0 spiro atoms. The number of nitriles is 1. The standard InChI is InChI=1S/C15H11F3N2O/c1-2-20-13(10-6-4-3-5-7-10)8-12(15(16,17)18)11(9-19)14(20)21/h3-8H,2H2,1H3. The van der Waals surface area contributed by atoms with Crippen LogP contribution in [0.4, 0.5) is 13.2 Å². The Balaban J connectivity index is 2.87. The predicted molar refractivity (Wildman–Crippen MR) is 71.5 cm³/mol. The SMILES string of the molecule is CCn1c(-c2ccccc2)cc(C(F)(F)F)c(C#N)c1=O. The summed E-state index contributed by atoms with van der Waals surface area (Å²) in [6, 6.07) is 10.5. The third-order valence-electron chi connectivity index (χ3n) is 3.10. The van der Waals surface area contributed by atoms with Gasteiger partial charge in [0.25, 0.3) is 5.56 Å². The van der Waals surface area contributed by atoms with E-state index in [9.17, 15) is 18.0 Å². The van der Waals surface area contributed by atoms with E-state index in [1.54, 1.807) is 37.3 Å². The number of rotatable bonds is 2. The summed E-state index contributed by atoms with van der Waals surface area (Å²) in [4.78, 5) is 12.1. The van der Waals surface area contributed by atoms with Gasteiger partial charge >= 0.3 is 6.18 Å². The van der Waals surface area contributed by atoms with Crippen LogP contribution >= 0.6 is 0 Å². The van der Waals surface area contributed by atoms with Crippen molar-refractivity contribution in [3.05, 3.63) is 57.9 Å². The largest absolute Gasteiger partial charge is 0.417 e. The molecule has 0 aliphatic carbocycles. The molecule has 0 aliphatic rings. The molecular weight excluding hydrogens is 281 g/mol. The van der Waals surface area contributed by atoms with Gasteiger partial charge in [0.05, 0.1) is 11.3 Å². The first-order valence-electron chi connectivity index (χ1n) is 6.20. The van der Waals surface area contributed by atoms with E-state index in [-0.39, 0.29) is 12.2 Å². The molecule has 3 nitrogen and oxygen atoms in total. The van der Waals surface area contributed by atoms with E-state index in [2.05, 4.69) is 0 Å². The quantitative estimate of drug-likeness (QED) is 0.851. The van der Waals surface area contributed by atoms with Crippen molar-refractivity contribution in [1.29, 1.82) is 5.26 Å². The number of halogens is 3. The highest BCUT2D eigenvalue weighted by Gasteiger charge is 2.36. The number of aromatic nitrogens is 1. The maximum atomic E-state index is 13.0. The topological polar surface area (TPSA) is 45.8 Å². The lowest BCUT2D eigenvalue weighted by atomic mass is 10.0. The minimum atomic E-state index is -4.75. The molecule has 2 rings (SSSR count). The minimum absolute atomic E-state index is 0.148. The Hall–Kier alpha value is -2.55. The van der Waals surface area contributed by atoms with E-state index >= 15 is 0 Å². The molecule has 0 saturated heterocycles. The molecule has 0 fully saturated rings. The highest BCUT2D eigenvalue weighted by Crippen LogP contribution is 2.33. The Labute approximate surface area is 118 Å². The Kier molecular flexibility index (Phi) is 3.85. The van der Waals surface area contributed by atoms with Gasteiger partial charge < -0.3 is 4.57 Å². The summed E-state index contributed by atoms with van der Waals surface area (Å²) in [5.74, 6) is 0. The molecule has 0 bridgehead atoms. The lowest BCUT2D eigenvalue weighted by Gasteiger charge is -2.16. The number of hydrogen-bond acceptors (Lipinski definition) is 2. The van der Waals surface area contributed by atoms with E-state index in [1.165, 1.54) is 10.6 Å². The van der Waals surface area contributed by atoms with Crippen molar-refractivity contribution in [3.8, 4) is 17.3 Å². The summed E-state index contributed by atoms with van der Waals surface area (Å²) in [6.45, 7) is 1.82. The molecule has 0 radical (unpaired) electrons. The smallest absolute Gasteiger partial charge is 0.307 e. The lowest BCUT2D eigenvalue weighted by Crippen LogP contribution is -2.27. The van der Waals surface area contributed by atoms with Crippen molar-refractivity contribution in [1.82, 2.24) is 4.57 Å². The van der Waals surface area contributed by atoms with Crippen molar-refractivity contribution in [2.75, 3.05) is 0 Å². The fourth-order valence-electron chi connectivity index (χ4n) is 2.14. The van der Waals surface area contributed by atoms with Gasteiger partial charge in [-0.05, 0) is 18.6 Å². The molecule has 1 heterocycles. The second-order valence-electron chi connectivity index (χ2n) is 4.34. The van der Waals surface area contributed by atoms with E-state index < -0.39 is 22.9 Å². The van der Waals surface area contributed by atoms with Crippen LogP contribution in [0.5, 0.6) is 0 Å². The van der Waals surface area contributed by atoms with Gasteiger partial charge in [-0.2, -0.15) is 18.4 Å². The van der Waals surface area contributed by atoms with E-state index in [0.717, 1.165) is 6.07 Å². The fourth-order valence-corrected chi connectivity index (χ4v) is 2.14. The summed E-state index contributed by atoms with van der Waals surface area (Å²) in [7, 11) is 0. The summed E-state index contributed by atoms with van der Waals surface area (Å²) < 4.78 is 40.3. The first kappa shape index (κ1) is 14.9. The molecule has 2 aromatic rings. The second kappa shape index (κ2) is 5.44. The van der Waals surface area contributed by atoms with Crippen molar-refractivity contribution in [3.63, 3.8) is 0 Å². The van der Waals surface area contributed by atoms with Gasteiger partial charge in [-0.15, -0.1) is 0 Å². The van der Waals surface area contributed by atoms with Crippen LogP contribution in [0.25, 0.3) is 11.3 Å². The Morgan fingerprint density at radius 2 is 1.86 bits per heavy atom. The van der Waals surface area contributed by atoms with Crippen LogP contribution in [0, 0.1) is 11.3 Å².